The zero-order chi connectivity index (χ0) is 15.5. The first-order chi connectivity index (χ1) is 9.09. The molecular weight excluding hydrogens is 264 g/mol. The van der Waals surface area contributed by atoms with Gasteiger partial charge in [0.05, 0.1) is 12.5 Å². The van der Waals surface area contributed by atoms with Crippen LogP contribution >= 0.6 is 0 Å². The first kappa shape index (κ1) is 19.8. The average Bonchev–Trinajstić information content (AvgIpc) is 2.89. The van der Waals surface area contributed by atoms with Gasteiger partial charge in [-0.3, -0.25) is 0 Å². The third kappa shape index (κ3) is 5.78. The fourth-order valence-corrected chi connectivity index (χ4v) is 1.71. The van der Waals surface area contributed by atoms with Gasteiger partial charge in [0.1, 0.15) is 18.2 Å². The summed E-state index contributed by atoms with van der Waals surface area (Å²) in [5.74, 6) is 0. The zero-order valence-corrected chi connectivity index (χ0v) is 13.6. The summed E-state index contributed by atoms with van der Waals surface area (Å²) in [6.07, 6.45) is 5.05. The number of nitrogens with zero attached hydrogens (tertiary/aromatic N) is 4. The molecule has 2 heterocycles. The lowest BCUT2D eigenvalue weighted by Gasteiger charge is -1.97. The Labute approximate surface area is 116 Å². The Balaban J connectivity index is 0. The van der Waals surface area contributed by atoms with Gasteiger partial charge in [-0.2, -0.15) is 0 Å². The molecule has 0 aliphatic heterocycles. The van der Waals surface area contributed by atoms with Gasteiger partial charge in [0.15, 0.2) is 5.65 Å². The van der Waals surface area contributed by atoms with E-state index in [9.17, 15) is 8.42 Å². The van der Waals surface area contributed by atoms with Crippen LogP contribution in [0.5, 0.6) is 0 Å². The minimum Gasteiger partial charge on any atom is -0.242 e. The lowest BCUT2D eigenvalue weighted by Crippen LogP contribution is -2.08. The van der Waals surface area contributed by atoms with Gasteiger partial charge in [-0.05, 0) is 0 Å². The lowest BCUT2D eigenvalue weighted by atomic mass is 10.6. The molecule has 0 aliphatic carbocycles. The highest BCUT2D eigenvalue weighted by Gasteiger charge is 2.10. The molecule has 0 N–H and O–H groups in total. The minimum absolute atomic E-state index is 0.375. The van der Waals surface area contributed by atoms with Crippen LogP contribution in [0.15, 0.2) is 18.9 Å². The molecule has 0 saturated carbocycles. The van der Waals surface area contributed by atoms with Gasteiger partial charge in [-0.1, -0.05) is 41.5 Å². The van der Waals surface area contributed by atoms with E-state index < -0.39 is 10.0 Å². The second kappa shape index (κ2) is 10.4. The van der Waals surface area contributed by atoms with Crippen molar-refractivity contribution in [2.75, 3.05) is 6.26 Å². The molecule has 2 aromatic rings. The van der Waals surface area contributed by atoms with E-state index >= 15 is 0 Å². The van der Waals surface area contributed by atoms with Gasteiger partial charge in [0.2, 0.25) is 10.0 Å². The standard InChI is InChI=1S/C6H6N4O2S.3C2H6/c1-13(11,12)10-4-9-6-5(10)2-7-3-8-6;3*1-2/h2-4H,1H3;3*1-2H3. The van der Waals surface area contributed by atoms with Crippen molar-refractivity contribution in [1.29, 1.82) is 0 Å². The van der Waals surface area contributed by atoms with Crippen LogP contribution < -0.4 is 0 Å². The van der Waals surface area contributed by atoms with E-state index in [0.717, 1.165) is 10.2 Å². The van der Waals surface area contributed by atoms with Crippen LogP contribution in [0.1, 0.15) is 41.5 Å². The maximum absolute atomic E-state index is 11.2. The Hall–Kier alpha value is -1.50. The number of hydrogen-bond acceptors (Lipinski definition) is 5. The smallest absolute Gasteiger partial charge is 0.237 e. The van der Waals surface area contributed by atoms with Crippen LogP contribution in [-0.2, 0) is 10.0 Å². The number of aromatic nitrogens is 4. The monoisotopic (exact) mass is 288 g/mol. The molecule has 0 saturated heterocycles. The lowest BCUT2D eigenvalue weighted by molar-refractivity contribution is 0.595. The Morgan fingerprint density at radius 3 is 2.00 bits per heavy atom. The molecule has 0 radical (unpaired) electrons. The summed E-state index contributed by atoms with van der Waals surface area (Å²) < 4.78 is 23.4. The van der Waals surface area contributed by atoms with Crippen molar-refractivity contribution in [1.82, 2.24) is 18.9 Å². The van der Waals surface area contributed by atoms with Crippen LogP contribution in [0.4, 0.5) is 0 Å². The molecule has 6 nitrogen and oxygen atoms in total. The summed E-state index contributed by atoms with van der Waals surface area (Å²) >= 11 is 0. The molecule has 0 fully saturated rings. The summed E-state index contributed by atoms with van der Waals surface area (Å²) in [5, 5.41) is 0. The van der Waals surface area contributed by atoms with Crippen LogP contribution in [0.25, 0.3) is 11.2 Å². The van der Waals surface area contributed by atoms with Crippen LogP contribution in [0, 0.1) is 0 Å². The van der Waals surface area contributed by atoms with Crippen molar-refractivity contribution >= 4 is 21.2 Å². The van der Waals surface area contributed by atoms with Gasteiger partial charge >= 0.3 is 0 Å². The maximum atomic E-state index is 11.2. The van der Waals surface area contributed by atoms with E-state index in [0.29, 0.717) is 11.2 Å². The predicted octanol–water partition coefficient (Wildman–Crippen LogP) is 2.71. The second-order valence-electron chi connectivity index (χ2n) is 2.53. The SMILES string of the molecule is CC.CC.CC.CS(=O)(=O)n1cnc2ncncc21. The minimum atomic E-state index is -3.31. The molecule has 0 spiro atoms. The third-order valence-electron chi connectivity index (χ3n) is 1.55. The van der Waals surface area contributed by atoms with Crippen molar-refractivity contribution in [3.05, 3.63) is 18.9 Å². The topological polar surface area (TPSA) is 77.7 Å². The quantitative estimate of drug-likeness (QED) is 0.806. The van der Waals surface area contributed by atoms with Crippen molar-refractivity contribution in [3.63, 3.8) is 0 Å². The molecule has 0 atom stereocenters. The van der Waals surface area contributed by atoms with Gasteiger partial charge in [-0.15, -0.1) is 0 Å². The molecule has 2 aromatic heterocycles. The van der Waals surface area contributed by atoms with E-state index in [1.54, 1.807) is 0 Å². The molecular formula is C12H24N4O2S. The molecule has 0 aromatic carbocycles. The molecule has 7 heteroatoms. The highest BCUT2D eigenvalue weighted by Crippen LogP contribution is 2.09. The van der Waals surface area contributed by atoms with Gasteiger partial charge in [0.25, 0.3) is 0 Å². The summed E-state index contributed by atoms with van der Waals surface area (Å²) in [4.78, 5) is 11.3. The van der Waals surface area contributed by atoms with Crippen molar-refractivity contribution in [2.24, 2.45) is 0 Å². The van der Waals surface area contributed by atoms with Crippen molar-refractivity contribution < 1.29 is 8.42 Å². The zero-order valence-electron chi connectivity index (χ0n) is 12.7. The molecule has 19 heavy (non-hydrogen) atoms. The van der Waals surface area contributed by atoms with Crippen molar-refractivity contribution in [2.45, 2.75) is 41.5 Å². The summed E-state index contributed by atoms with van der Waals surface area (Å²) in [7, 11) is -3.31. The third-order valence-corrected chi connectivity index (χ3v) is 2.56. The highest BCUT2D eigenvalue weighted by molar-refractivity contribution is 7.89. The van der Waals surface area contributed by atoms with E-state index in [2.05, 4.69) is 15.0 Å². The Morgan fingerprint density at radius 1 is 1.00 bits per heavy atom. The number of rotatable bonds is 1. The Kier molecular flexibility index (Phi) is 10.9. The van der Waals surface area contributed by atoms with Gasteiger partial charge < -0.3 is 0 Å². The van der Waals surface area contributed by atoms with E-state index in [4.69, 9.17) is 0 Å². The first-order valence-electron chi connectivity index (χ1n) is 6.42. The fraction of sp³-hybridized carbons (Fsp3) is 0.583. The number of fused-ring (bicyclic) bond motifs is 1. The largest absolute Gasteiger partial charge is 0.242 e. The normalized spacial score (nSPS) is 9.21. The maximum Gasteiger partial charge on any atom is 0.237 e. The highest BCUT2D eigenvalue weighted by atomic mass is 32.2. The summed E-state index contributed by atoms with van der Waals surface area (Å²) in [6, 6.07) is 0. The number of hydrogen-bond donors (Lipinski definition) is 0. The van der Waals surface area contributed by atoms with Crippen LogP contribution in [0.2, 0.25) is 0 Å². The molecule has 0 aliphatic rings. The molecule has 110 valence electrons. The van der Waals surface area contributed by atoms with Crippen molar-refractivity contribution in [3.8, 4) is 0 Å². The van der Waals surface area contributed by atoms with E-state index in [1.165, 1.54) is 18.9 Å². The second-order valence-corrected chi connectivity index (χ2v) is 4.39. The molecule has 0 amide bonds. The Morgan fingerprint density at radius 2 is 1.53 bits per heavy atom. The van der Waals surface area contributed by atoms with Crippen LogP contribution in [0.3, 0.4) is 0 Å². The number of imidazole rings is 1. The summed E-state index contributed by atoms with van der Waals surface area (Å²) in [5.41, 5.74) is 0.769. The predicted molar refractivity (Wildman–Crippen MR) is 79.6 cm³/mol. The van der Waals surface area contributed by atoms with Gasteiger partial charge in [0, 0.05) is 0 Å². The molecule has 2 rings (SSSR count). The average molecular weight is 288 g/mol. The Bertz CT molecular complexity index is 550. The molecule has 0 bridgehead atoms. The van der Waals surface area contributed by atoms with Crippen LogP contribution in [-0.4, -0.2) is 33.6 Å². The van der Waals surface area contributed by atoms with E-state index in [1.807, 2.05) is 41.5 Å². The van der Waals surface area contributed by atoms with Gasteiger partial charge in [-0.25, -0.2) is 27.3 Å². The van der Waals surface area contributed by atoms with E-state index in [-0.39, 0.29) is 0 Å². The molecule has 0 unspecified atom stereocenters. The fourth-order valence-electron chi connectivity index (χ4n) is 1.00. The first-order valence-corrected chi connectivity index (χ1v) is 8.27. The summed E-state index contributed by atoms with van der Waals surface area (Å²) in [6.45, 7) is 12.0.